The maximum Gasteiger partial charge on any atom is 0.179 e. The molecule has 0 aliphatic carbocycles. The highest BCUT2D eigenvalue weighted by Crippen LogP contribution is 2.43. The SMILES string of the molecule is c1ccc(N2CCN(C3Oc4ccccc4-c4ccccc43)CC2)cc1. The summed E-state index contributed by atoms with van der Waals surface area (Å²) in [4.78, 5) is 4.92. The minimum absolute atomic E-state index is 0.000904. The quantitative estimate of drug-likeness (QED) is 0.679. The van der Waals surface area contributed by atoms with Gasteiger partial charge >= 0.3 is 0 Å². The molecule has 3 heteroatoms. The summed E-state index contributed by atoms with van der Waals surface area (Å²) >= 11 is 0. The lowest BCUT2D eigenvalue weighted by Gasteiger charge is -2.42. The van der Waals surface area contributed by atoms with Gasteiger partial charge in [0, 0.05) is 43.0 Å². The van der Waals surface area contributed by atoms with E-state index in [1.165, 1.54) is 22.4 Å². The van der Waals surface area contributed by atoms with Gasteiger partial charge in [0.2, 0.25) is 0 Å². The highest BCUT2D eigenvalue weighted by molar-refractivity contribution is 5.75. The molecule has 0 saturated carbocycles. The zero-order chi connectivity index (χ0) is 17.3. The van der Waals surface area contributed by atoms with E-state index >= 15 is 0 Å². The molecule has 1 atom stereocenters. The van der Waals surface area contributed by atoms with E-state index in [0.717, 1.165) is 31.9 Å². The van der Waals surface area contributed by atoms with Crippen molar-refractivity contribution in [2.45, 2.75) is 6.23 Å². The van der Waals surface area contributed by atoms with Crippen molar-refractivity contribution in [3.8, 4) is 16.9 Å². The second-order valence-corrected chi connectivity index (χ2v) is 6.91. The molecule has 2 heterocycles. The molecule has 5 rings (SSSR count). The largest absolute Gasteiger partial charge is 0.470 e. The molecule has 3 nitrogen and oxygen atoms in total. The summed E-state index contributed by atoms with van der Waals surface area (Å²) in [6.45, 7) is 4.04. The summed E-state index contributed by atoms with van der Waals surface area (Å²) in [5.41, 5.74) is 5.08. The number of ether oxygens (including phenoxy) is 1. The van der Waals surface area contributed by atoms with E-state index in [-0.39, 0.29) is 6.23 Å². The number of hydrogen-bond donors (Lipinski definition) is 0. The lowest BCUT2D eigenvalue weighted by Crippen LogP contribution is -2.49. The van der Waals surface area contributed by atoms with Gasteiger partial charge in [0.25, 0.3) is 0 Å². The van der Waals surface area contributed by atoms with E-state index in [1.807, 2.05) is 0 Å². The molecule has 3 aromatic rings. The Morgan fingerprint density at radius 1 is 0.654 bits per heavy atom. The van der Waals surface area contributed by atoms with Crippen LogP contribution in [0.5, 0.6) is 5.75 Å². The van der Waals surface area contributed by atoms with E-state index in [2.05, 4.69) is 88.7 Å². The number of piperazine rings is 1. The van der Waals surface area contributed by atoms with Gasteiger partial charge in [0.15, 0.2) is 6.23 Å². The third-order valence-corrected chi connectivity index (χ3v) is 5.41. The summed E-state index contributed by atoms with van der Waals surface area (Å²) in [5.74, 6) is 0.988. The van der Waals surface area contributed by atoms with Gasteiger partial charge in [-0.15, -0.1) is 0 Å². The molecular formula is C23H22N2O. The average molecular weight is 342 g/mol. The van der Waals surface area contributed by atoms with Crippen molar-refractivity contribution >= 4 is 5.69 Å². The molecule has 0 amide bonds. The number of fused-ring (bicyclic) bond motifs is 3. The van der Waals surface area contributed by atoms with Crippen molar-refractivity contribution in [2.75, 3.05) is 31.1 Å². The summed E-state index contributed by atoms with van der Waals surface area (Å²) < 4.78 is 6.45. The Morgan fingerprint density at radius 2 is 1.31 bits per heavy atom. The maximum atomic E-state index is 6.45. The molecule has 0 spiro atoms. The highest BCUT2D eigenvalue weighted by Gasteiger charge is 2.32. The first-order chi connectivity index (χ1) is 12.9. The summed E-state index contributed by atoms with van der Waals surface area (Å²) in [5, 5.41) is 0. The van der Waals surface area contributed by atoms with Crippen LogP contribution in [0.4, 0.5) is 5.69 Å². The minimum Gasteiger partial charge on any atom is -0.470 e. The smallest absolute Gasteiger partial charge is 0.179 e. The fourth-order valence-corrected chi connectivity index (χ4v) is 4.06. The molecule has 0 N–H and O–H groups in total. The van der Waals surface area contributed by atoms with E-state index in [4.69, 9.17) is 4.74 Å². The Hall–Kier alpha value is -2.78. The van der Waals surface area contributed by atoms with Gasteiger partial charge < -0.3 is 9.64 Å². The molecule has 0 aromatic heterocycles. The third-order valence-electron chi connectivity index (χ3n) is 5.41. The number of hydrogen-bond acceptors (Lipinski definition) is 3. The third kappa shape index (κ3) is 2.65. The van der Waals surface area contributed by atoms with Crippen LogP contribution in [0.3, 0.4) is 0 Å². The summed E-state index contributed by atoms with van der Waals surface area (Å²) in [6, 6.07) is 27.7. The van der Waals surface area contributed by atoms with Crippen LogP contribution in [-0.2, 0) is 0 Å². The number of anilines is 1. The fraction of sp³-hybridized carbons (Fsp3) is 0.217. The zero-order valence-corrected chi connectivity index (χ0v) is 14.7. The Kier molecular flexibility index (Phi) is 3.87. The fourth-order valence-electron chi connectivity index (χ4n) is 4.06. The van der Waals surface area contributed by atoms with Gasteiger partial charge in [-0.05, 0) is 23.8 Å². The van der Waals surface area contributed by atoms with Crippen molar-refractivity contribution in [2.24, 2.45) is 0 Å². The molecular weight excluding hydrogens is 320 g/mol. The molecule has 2 aliphatic heterocycles. The van der Waals surface area contributed by atoms with Crippen molar-refractivity contribution in [3.05, 3.63) is 84.4 Å². The topological polar surface area (TPSA) is 15.7 Å². The molecule has 1 fully saturated rings. The molecule has 1 saturated heterocycles. The van der Waals surface area contributed by atoms with E-state index < -0.39 is 0 Å². The van der Waals surface area contributed by atoms with Crippen molar-refractivity contribution in [3.63, 3.8) is 0 Å². The average Bonchev–Trinajstić information content (AvgIpc) is 2.74. The van der Waals surface area contributed by atoms with Crippen LogP contribution in [0.1, 0.15) is 11.8 Å². The normalized spacial score (nSPS) is 19.4. The van der Waals surface area contributed by atoms with E-state index in [9.17, 15) is 0 Å². The van der Waals surface area contributed by atoms with Crippen LogP contribution in [0.25, 0.3) is 11.1 Å². The predicted octanol–water partition coefficient (Wildman–Crippen LogP) is 4.57. The van der Waals surface area contributed by atoms with Crippen LogP contribution in [-0.4, -0.2) is 31.1 Å². The van der Waals surface area contributed by atoms with E-state index in [0.29, 0.717) is 0 Å². The lowest BCUT2D eigenvalue weighted by molar-refractivity contribution is 0.0177. The monoisotopic (exact) mass is 342 g/mol. The van der Waals surface area contributed by atoms with Gasteiger partial charge in [0.05, 0.1) is 0 Å². The van der Waals surface area contributed by atoms with Gasteiger partial charge in [-0.3, -0.25) is 4.90 Å². The molecule has 130 valence electrons. The molecule has 1 unspecified atom stereocenters. The van der Waals surface area contributed by atoms with Crippen LogP contribution in [0.15, 0.2) is 78.9 Å². The number of rotatable bonds is 2. The minimum atomic E-state index is -0.000904. The maximum absolute atomic E-state index is 6.45. The Bertz CT molecular complexity index is 901. The molecule has 3 aromatic carbocycles. The van der Waals surface area contributed by atoms with Crippen LogP contribution in [0, 0.1) is 0 Å². The zero-order valence-electron chi connectivity index (χ0n) is 14.7. The number of nitrogens with zero attached hydrogens (tertiary/aromatic N) is 2. The Balaban J connectivity index is 1.40. The summed E-state index contributed by atoms with van der Waals surface area (Å²) in [6.07, 6.45) is -0.000904. The van der Waals surface area contributed by atoms with Crippen molar-refractivity contribution < 1.29 is 4.74 Å². The second-order valence-electron chi connectivity index (χ2n) is 6.91. The lowest BCUT2D eigenvalue weighted by atomic mass is 9.95. The number of para-hydroxylation sites is 2. The first kappa shape index (κ1) is 15.5. The van der Waals surface area contributed by atoms with Crippen molar-refractivity contribution in [1.29, 1.82) is 0 Å². The van der Waals surface area contributed by atoms with Gasteiger partial charge in [0.1, 0.15) is 5.75 Å². The molecule has 0 bridgehead atoms. The molecule has 26 heavy (non-hydrogen) atoms. The first-order valence-electron chi connectivity index (χ1n) is 9.29. The van der Waals surface area contributed by atoms with Gasteiger partial charge in [-0.25, -0.2) is 0 Å². The standard InChI is InChI=1S/C23H22N2O/c1-2-8-18(9-3-1)24-14-16-25(17-15-24)23-21-12-5-4-10-19(21)20-11-6-7-13-22(20)26-23/h1-13,23H,14-17H2. The molecule has 0 radical (unpaired) electrons. The second kappa shape index (κ2) is 6.50. The molecule has 2 aliphatic rings. The first-order valence-corrected chi connectivity index (χ1v) is 9.29. The van der Waals surface area contributed by atoms with Crippen LogP contribution >= 0.6 is 0 Å². The number of benzene rings is 3. The highest BCUT2D eigenvalue weighted by atomic mass is 16.5. The van der Waals surface area contributed by atoms with Crippen molar-refractivity contribution in [1.82, 2.24) is 4.90 Å². The Labute approximate surface area is 154 Å². The Morgan fingerprint density at radius 3 is 2.12 bits per heavy atom. The van der Waals surface area contributed by atoms with Gasteiger partial charge in [-0.1, -0.05) is 60.7 Å². The predicted molar refractivity (Wildman–Crippen MR) is 105 cm³/mol. The van der Waals surface area contributed by atoms with Crippen LogP contribution in [0.2, 0.25) is 0 Å². The van der Waals surface area contributed by atoms with Gasteiger partial charge in [-0.2, -0.15) is 0 Å². The van der Waals surface area contributed by atoms with Crippen LogP contribution < -0.4 is 9.64 Å². The van der Waals surface area contributed by atoms with E-state index in [1.54, 1.807) is 0 Å². The summed E-state index contributed by atoms with van der Waals surface area (Å²) in [7, 11) is 0.